The second kappa shape index (κ2) is 5.26. The van der Waals surface area contributed by atoms with Gasteiger partial charge in [-0.05, 0) is 23.6 Å². The normalized spacial score (nSPS) is 10.6. The molecule has 5 nitrogen and oxygen atoms in total. The zero-order valence-corrected chi connectivity index (χ0v) is 11.3. The van der Waals surface area contributed by atoms with Gasteiger partial charge in [-0.1, -0.05) is 18.2 Å². The predicted molar refractivity (Wildman–Crippen MR) is 78.4 cm³/mol. The molecular weight excluding hydrogens is 274 g/mol. The number of carbonyl (C=O) groups excluding carboxylic acids is 1. The lowest BCUT2D eigenvalue weighted by Crippen LogP contribution is -2.33. The molecule has 0 aliphatic carbocycles. The van der Waals surface area contributed by atoms with Crippen LogP contribution in [0.3, 0.4) is 0 Å². The highest BCUT2D eigenvalue weighted by Crippen LogP contribution is 2.09. The van der Waals surface area contributed by atoms with E-state index in [0.29, 0.717) is 10.9 Å². The summed E-state index contributed by atoms with van der Waals surface area (Å²) in [5.41, 5.74) is 2.88. The van der Waals surface area contributed by atoms with Gasteiger partial charge in [-0.25, -0.2) is 9.66 Å². The fourth-order valence-electron chi connectivity index (χ4n) is 1.89. The fraction of sp³-hybridized carbons (Fsp3) is 0.0714. The molecule has 0 unspecified atom stereocenters. The largest absolute Gasteiger partial charge is 0.280 e. The molecule has 100 valence electrons. The summed E-state index contributed by atoms with van der Waals surface area (Å²) in [5, 5.41) is 2.39. The Morgan fingerprint density at radius 3 is 2.90 bits per heavy atom. The van der Waals surface area contributed by atoms with E-state index in [1.165, 1.54) is 17.7 Å². The van der Waals surface area contributed by atoms with Crippen molar-refractivity contribution in [3.63, 3.8) is 0 Å². The standard InChI is InChI=1S/C14H11N3O2S/c18-13(8-10-4-3-7-20-10)16-17-9-15-12-6-2-1-5-11(12)14(17)19/h1-7,9H,8H2,(H,16,18). The molecule has 0 saturated heterocycles. The number of nitrogens with zero attached hydrogens (tertiary/aromatic N) is 2. The van der Waals surface area contributed by atoms with Crippen molar-refractivity contribution < 1.29 is 4.79 Å². The topological polar surface area (TPSA) is 64.0 Å². The molecule has 0 bridgehead atoms. The first kappa shape index (κ1) is 12.6. The maximum absolute atomic E-state index is 12.2. The van der Waals surface area contributed by atoms with Gasteiger partial charge >= 0.3 is 0 Å². The Balaban J connectivity index is 1.86. The molecule has 0 aliphatic heterocycles. The van der Waals surface area contributed by atoms with Crippen molar-refractivity contribution in [1.29, 1.82) is 0 Å². The van der Waals surface area contributed by atoms with Gasteiger partial charge in [-0.15, -0.1) is 11.3 Å². The van der Waals surface area contributed by atoms with Crippen LogP contribution in [-0.2, 0) is 11.2 Å². The third-order valence-corrected chi connectivity index (χ3v) is 3.70. The van der Waals surface area contributed by atoms with Gasteiger partial charge in [0.1, 0.15) is 6.33 Å². The van der Waals surface area contributed by atoms with Crippen LogP contribution < -0.4 is 11.0 Å². The molecule has 1 N–H and O–H groups in total. The number of hydrogen-bond acceptors (Lipinski definition) is 4. The van der Waals surface area contributed by atoms with Gasteiger partial charge < -0.3 is 0 Å². The van der Waals surface area contributed by atoms with E-state index in [1.807, 2.05) is 23.6 Å². The molecule has 3 rings (SSSR count). The summed E-state index contributed by atoms with van der Waals surface area (Å²) >= 11 is 1.50. The second-order valence-electron chi connectivity index (χ2n) is 4.23. The molecule has 0 atom stereocenters. The summed E-state index contributed by atoms with van der Waals surface area (Å²) in [5.74, 6) is -0.244. The van der Waals surface area contributed by atoms with Gasteiger partial charge in [0, 0.05) is 4.88 Å². The lowest BCUT2D eigenvalue weighted by atomic mass is 10.2. The highest BCUT2D eigenvalue weighted by Gasteiger charge is 2.08. The van der Waals surface area contributed by atoms with Crippen LogP contribution in [-0.4, -0.2) is 15.6 Å². The Kier molecular flexibility index (Phi) is 3.30. The van der Waals surface area contributed by atoms with Crippen molar-refractivity contribution in [2.24, 2.45) is 0 Å². The summed E-state index contributed by atoms with van der Waals surface area (Å²) < 4.78 is 1.12. The molecule has 0 saturated carbocycles. The van der Waals surface area contributed by atoms with E-state index in [0.717, 1.165) is 9.55 Å². The van der Waals surface area contributed by atoms with Crippen LogP contribution in [0.5, 0.6) is 0 Å². The van der Waals surface area contributed by atoms with E-state index in [2.05, 4.69) is 10.4 Å². The van der Waals surface area contributed by atoms with Gasteiger partial charge in [0.15, 0.2) is 0 Å². The molecule has 3 aromatic rings. The Labute approximate surface area is 118 Å². The maximum atomic E-state index is 12.2. The van der Waals surface area contributed by atoms with Crippen LogP contribution >= 0.6 is 11.3 Å². The maximum Gasteiger partial charge on any atom is 0.280 e. The van der Waals surface area contributed by atoms with Crippen LogP contribution in [0.2, 0.25) is 0 Å². The van der Waals surface area contributed by atoms with E-state index in [-0.39, 0.29) is 17.9 Å². The summed E-state index contributed by atoms with van der Waals surface area (Å²) in [6, 6.07) is 10.8. The summed E-state index contributed by atoms with van der Waals surface area (Å²) in [7, 11) is 0. The predicted octanol–water partition coefficient (Wildman–Crippen LogP) is 1.77. The molecule has 20 heavy (non-hydrogen) atoms. The minimum Gasteiger partial charge on any atom is -0.273 e. The van der Waals surface area contributed by atoms with Crippen molar-refractivity contribution in [3.05, 3.63) is 63.3 Å². The second-order valence-corrected chi connectivity index (χ2v) is 5.26. The molecule has 1 amide bonds. The zero-order chi connectivity index (χ0) is 13.9. The van der Waals surface area contributed by atoms with Gasteiger partial charge in [-0.3, -0.25) is 15.0 Å². The highest BCUT2D eigenvalue weighted by molar-refractivity contribution is 7.10. The first-order chi connectivity index (χ1) is 9.74. The van der Waals surface area contributed by atoms with E-state index >= 15 is 0 Å². The van der Waals surface area contributed by atoms with Crippen molar-refractivity contribution in [1.82, 2.24) is 9.66 Å². The van der Waals surface area contributed by atoms with Crippen LogP contribution in [0.4, 0.5) is 0 Å². The van der Waals surface area contributed by atoms with Gasteiger partial charge in [0.2, 0.25) is 5.91 Å². The molecule has 2 aromatic heterocycles. The Morgan fingerprint density at radius 2 is 2.10 bits per heavy atom. The first-order valence-electron chi connectivity index (χ1n) is 6.03. The number of hydrogen-bond donors (Lipinski definition) is 1. The average Bonchev–Trinajstić information content (AvgIpc) is 2.95. The third kappa shape index (κ3) is 2.46. The molecule has 2 heterocycles. The number of para-hydroxylation sites is 1. The molecule has 0 radical (unpaired) electrons. The van der Waals surface area contributed by atoms with E-state index in [1.54, 1.807) is 18.2 Å². The average molecular weight is 285 g/mol. The minimum atomic E-state index is -0.282. The van der Waals surface area contributed by atoms with Crippen molar-refractivity contribution in [3.8, 4) is 0 Å². The van der Waals surface area contributed by atoms with Crippen LogP contribution in [0.25, 0.3) is 10.9 Å². The molecule has 6 heteroatoms. The summed E-state index contributed by atoms with van der Waals surface area (Å²) in [4.78, 5) is 29.1. The number of rotatable bonds is 3. The van der Waals surface area contributed by atoms with Crippen LogP contribution in [0.1, 0.15) is 4.88 Å². The van der Waals surface area contributed by atoms with Crippen molar-refractivity contribution in [2.45, 2.75) is 6.42 Å². The summed E-state index contributed by atoms with van der Waals surface area (Å²) in [6.45, 7) is 0. The monoisotopic (exact) mass is 285 g/mol. The molecule has 0 spiro atoms. The number of benzene rings is 1. The first-order valence-corrected chi connectivity index (χ1v) is 6.90. The zero-order valence-electron chi connectivity index (χ0n) is 10.4. The smallest absolute Gasteiger partial charge is 0.273 e. The lowest BCUT2D eigenvalue weighted by molar-refractivity contribution is -0.116. The third-order valence-electron chi connectivity index (χ3n) is 2.83. The summed E-state index contributed by atoms with van der Waals surface area (Å²) in [6.07, 6.45) is 1.58. The quantitative estimate of drug-likeness (QED) is 0.797. The Hall–Kier alpha value is -2.47. The molecular formula is C14H11N3O2S. The van der Waals surface area contributed by atoms with Gasteiger partial charge in [-0.2, -0.15) is 0 Å². The Bertz CT molecular complexity index is 809. The molecule has 0 fully saturated rings. The number of fused-ring (bicyclic) bond motifs is 1. The minimum absolute atomic E-state index is 0.244. The Morgan fingerprint density at radius 1 is 1.25 bits per heavy atom. The highest BCUT2D eigenvalue weighted by atomic mass is 32.1. The fourth-order valence-corrected chi connectivity index (χ4v) is 2.60. The number of thiophene rings is 1. The number of amides is 1. The van der Waals surface area contributed by atoms with Crippen molar-refractivity contribution >= 4 is 28.1 Å². The van der Waals surface area contributed by atoms with Crippen molar-refractivity contribution in [2.75, 3.05) is 5.43 Å². The number of nitrogens with one attached hydrogen (secondary N) is 1. The van der Waals surface area contributed by atoms with E-state index < -0.39 is 0 Å². The van der Waals surface area contributed by atoms with E-state index in [4.69, 9.17) is 0 Å². The lowest BCUT2D eigenvalue weighted by Gasteiger charge is -2.07. The van der Waals surface area contributed by atoms with Gasteiger partial charge in [0.25, 0.3) is 5.56 Å². The molecule has 1 aromatic carbocycles. The molecule has 0 aliphatic rings. The SMILES string of the molecule is O=C(Cc1cccs1)Nn1cnc2ccccc2c1=O. The van der Waals surface area contributed by atoms with Gasteiger partial charge in [0.05, 0.1) is 17.3 Å². The van der Waals surface area contributed by atoms with Crippen LogP contribution in [0.15, 0.2) is 52.9 Å². The number of aromatic nitrogens is 2. The number of carbonyl (C=O) groups is 1. The van der Waals surface area contributed by atoms with Crippen LogP contribution in [0, 0.1) is 0 Å². The van der Waals surface area contributed by atoms with E-state index in [9.17, 15) is 9.59 Å².